The highest BCUT2D eigenvalue weighted by Gasteiger charge is 2.07. The molecular weight excluding hydrogens is 214 g/mol. The van der Waals surface area contributed by atoms with E-state index in [2.05, 4.69) is 0 Å². The lowest BCUT2D eigenvalue weighted by atomic mass is 10.0. The van der Waals surface area contributed by atoms with Crippen molar-refractivity contribution in [2.24, 2.45) is 0 Å². The number of anilines is 1. The highest BCUT2D eigenvalue weighted by atomic mass is 16.4. The number of carboxylic acids is 1. The Hall–Kier alpha value is -2.29. The Morgan fingerprint density at radius 2 is 1.76 bits per heavy atom. The van der Waals surface area contributed by atoms with Gasteiger partial charge in [-0.2, -0.15) is 0 Å². The summed E-state index contributed by atoms with van der Waals surface area (Å²) in [6.45, 7) is 2.01. The van der Waals surface area contributed by atoms with Crippen molar-refractivity contribution in [3.05, 3.63) is 53.6 Å². The summed E-state index contributed by atoms with van der Waals surface area (Å²) >= 11 is 0. The van der Waals surface area contributed by atoms with Gasteiger partial charge in [0.2, 0.25) is 0 Å². The van der Waals surface area contributed by atoms with Gasteiger partial charge in [0, 0.05) is 11.3 Å². The van der Waals surface area contributed by atoms with E-state index in [0.29, 0.717) is 5.69 Å². The lowest BCUT2D eigenvalue weighted by Crippen LogP contribution is -1.99. The maximum absolute atomic E-state index is 10.8. The number of benzene rings is 2. The number of aromatic carboxylic acids is 1. The van der Waals surface area contributed by atoms with E-state index in [1.54, 1.807) is 12.1 Å². The Morgan fingerprint density at radius 3 is 2.29 bits per heavy atom. The van der Waals surface area contributed by atoms with Crippen LogP contribution in [0.4, 0.5) is 5.69 Å². The van der Waals surface area contributed by atoms with E-state index >= 15 is 0 Å². The molecule has 0 aliphatic heterocycles. The number of hydrogen-bond acceptors (Lipinski definition) is 2. The van der Waals surface area contributed by atoms with E-state index in [4.69, 9.17) is 10.8 Å². The molecule has 2 aromatic rings. The Kier molecular flexibility index (Phi) is 2.83. The van der Waals surface area contributed by atoms with Crippen LogP contribution in [0.25, 0.3) is 11.1 Å². The van der Waals surface area contributed by atoms with Gasteiger partial charge in [-0.15, -0.1) is 0 Å². The van der Waals surface area contributed by atoms with Crippen LogP contribution in [0.3, 0.4) is 0 Å². The normalized spacial score (nSPS) is 10.2. The Morgan fingerprint density at radius 1 is 1.12 bits per heavy atom. The lowest BCUT2D eigenvalue weighted by molar-refractivity contribution is 0.0697. The summed E-state index contributed by atoms with van der Waals surface area (Å²) in [4.78, 5) is 10.8. The molecule has 86 valence electrons. The topological polar surface area (TPSA) is 63.3 Å². The summed E-state index contributed by atoms with van der Waals surface area (Å²) in [5.41, 5.74) is 9.58. The van der Waals surface area contributed by atoms with Gasteiger partial charge in [0.15, 0.2) is 0 Å². The van der Waals surface area contributed by atoms with Crippen molar-refractivity contribution in [3.63, 3.8) is 0 Å². The van der Waals surface area contributed by atoms with Crippen molar-refractivity contribution < 1.29 is 9.90 Å². The fraction of sp³-hybridized carbons (Fsp3) is 0.0714. The zero-order valence-corrected chi connectivity index (χ0v) is 9.47. The second-order valence-corrected chi connectivity index (χ2v) is 3.97. The van der Waals surface area contributed by atoms with Crippen LogP contribution in [0.15, 0.2) is 42.5 Å². The first-order valence-corrected chi connectivity index (χ1v) is 5.28. The predicted octanol–water partition coefficient (Wildman–Crippen LogP) is 2.94. The molecular formula is C14H13NO2. The van der Waals surface area contributed by atoms with Gasteiger partial charge >= 0.3 is 5.97 Å². The molecule has 2 rings (SSSR count). The zero-order valence-electron chi connectivity index (χ0n) is 9.47. The van der Waals surface area contributed by atoms with Crippen molar-refractivity contribution in [3.8, 4) is 11.1 Å². The first-order valence-electron chi connectivity index (χ1n) is 5.28. The molecule has 0 amide bonds. The number of hydrogen-bond donors (Lipinski definition) is 2. The van der Waals surface area contributed by atoms with Crippen LogP contribution >= 0.6 is 0 Å². The fourth-order valence-corrected chi connectivity index (χ4v) is 1.69. The molecule has 0 aliphatic carbocycles. The molecule has 0 radical (unpaired) electrons. The number of nitrogen functional groups attached to an aromatic ring is 1. The summed E-state index contributed by atoms with van der Waals surface area (Å²) in [5, 5.41) is 8.85. The molecule has 0 aliphatic rings. The van der Waals surface area contributed by atoms with Crippen LogP contribution in [0, 0.1) is 6.92 Å². The van der Waals surface area contributed by atoms with Gasteiger partial charge < -0.3 is 10.8 Å². The molecule has 2 aromatic carbocycles. The Balaban J connectivity index is 2.46. The third-order valence-electron chi connectivity index (χ3n) is 2.66. The SMILES string of the molecule is Cc1ccc(-c2ccc(C(=O)O)cc2N)cc1. The van der Waals surface area contributed by atoms with E-state index < -0.39 is 5.97 Å². The van der Waals surface area contributed by atoms with E-state index in [-0.39, 0.29) is 5.56 Å². The number of carboxylic acid groups (broad SMARTS) is 1. The van der Waals surface area contributed by atoms with Crippen LogP contribution in [-0.4, -0.2) is 11.1 Å². The third-order valence-corrected chi connectivity index (χ3v) is 2.66. The molecule has 3 nitrogen and oxygen atoms in total. The minimum atomic E-state index is -0.966. The van der Waals surface area contributed by atoms with Gasteiger partial charge in [0.1, 0.15) is 0 Å². The summed E-state index contributed by atoms with van der Waals surface area (Å²) < 4.78 is 0. The summed E-state index contributed by atoms with van der Waals surface area (Å²) in [6, 6.07) is 12.7. The maximum Gasteiger partial charge on any atom is 0.335 e. The minimum absolute atomic E-state index is 0.207. The highest BCUT2D eigenvalue weighted by molar-refractivity contribution is 5.91. The first kappa shape index (κ1) is 11.2. The van der Waals surface area contributed by atoms with Gasteiger partial charge in [-0.25, -0.2) is 4.79 Å². The smallest absolute Gasteiger partial charge is 0.335 e. The van der Waals surface area contributed by atoms with E-state index in [0.717, 1.165) is 11.1 Å². The van der Waals surface area contributed by atoms with E-state index in [9.17, 15) is 4.79 Å². The van der Waals surface area contributed by atoms with Crippen LogP contribution in [0.2, 0.25) is 0 Å². The first-order chi connectivity index (χ1) is 8.08. The largest absolute Gasteiger partial charge is 0.478 e. The Bertz CT molecular complexity index is 559. The number of carbonyl (C=O) groups is 1. The molecule has 0 atom stereocenters. The summed E-state index contributed by atoms with van der Waals surface area (Å²) in [5.74, 6) is -0.966. The van der Waals surface area contributed by atoms with Gasteiger partial charge in [0.25, 0.3) is 0 Å². The second-order valence-electron chi connectivity index (χ2n) is 3.97. The molecule has 3 N–H and O–H groups in total. The van der Waals surface area contributed by atoms with Crippen LogP contribution in [0.1, 0.15) is 15.9 Å². The zero-order chi connectivity index (χ0) is 12.4. The van der Waals surface area contributed by atoms with Gasteiger partial charge in [-0.3, -0.25) is 0 Å². The molecule has 0 spiro atoms. The van der Waals surface area contributed by atoms with Crippen molar-refractivity contribution in [2.45, 2.75) is 6.92 Å². The predicted molar refractivity (Wildman–Crippen MR) is 68.0 cm³/mol. The minimum Gasteiger partial charge on any atom is -0.478 e. The highest BCUT2D eigenvalue weighted by Crippen LogP contribution is 2.26. The van der Waals surface area contributed by atoms with Gasteiger partial charge in [-0.05, 0) is 24.6 Å². The van der Waals surface area contributed by atoms with Crippen molar-refractivity contribution >= 4 is 11.7 Å². The molecule has 17 heavy (non-hydrogen) atoms. The second kappa shape index (κ2) is 4.29. The third kappa shape index (κ3) is 2.28. The molecule has 0 saturated carbocycles. The van der Waals surface area contributed by atoms with E-state index in [1.165, 1.54) is 11.6 Å². The van der Waals surface area contributed by atoms with Crippen LogP contribution < -0.4 is 5.73 Å². The molecule has 0 fully saturated rings. The number of aryl methyl sites for hydroxylation is 1. The molecule has 0 bridgehead atoms. The fourth-order valence-electron chi connectivity index (χ4n) is 1.69. The monoisotopic (exact) mass is 227 g/mol. The number of rotatable bonds is 2. The lowest BCUT2D eigenvalue weighted by Gasteiger charge is -2.07. The summed E-state index contributed by atoms with van der Waals surface area (Å²) in [7, 11) is 0. The molecule has 0 aromatic heterocycles. The van der Waals surface area contributed by atoms with Gasteiger partial charge in [-0.1, -0.05) is 35.9 Å². The maximum atomic E-state index is 10.8. The summed E-state index contributed by atoms with van der Waals surface area (Å²) in [6.07, 6.45) is 0. The van der Waals surface area contributed by atoms with Crippen LogP contribution in [-0.2, 0) is 0 Å². The van der Waals surface area contributed by atoms with Crippen molar-refractivity contribution in [1.82, 2.24) is 0 Å². The quantitative estimate of drug-likeness (QED) is 0.775. The average Bonchev–Trinajstić information content (AvgIpc) is 2.30. The number of nitrogens with two attached hydrogens (primary N) is 1. The van der Waals surface area contributed by atoms with E-state index in [1.807, 2.05) is 31.2 Å². The van der Waals surface area contributed by atoms with Crippen molar-refractivity contribution in [2.75, 3.05) is 5.73 Å². The van der Waals surface area contributed by atoms with Crippen LogP contribution in [0.5, 0.6) is 0 Å². The molecule has 3 heteroatoms. The molecule has 0 saturated heterocycles. The average molecular weight is 227 g/mol. The standard InChI is InChI=1S/C14H13NO2/c1-9-2-4-10(5-3-9)12-7-6-11(14(16)17)8-13(12)15/h2-8H,15H2,1H3,(H,16,17). The van der Waals surface area contributed by atoms with Crippen molar-refractivity contribution in [1.29, 1.82) is 0 Å². The molecule has 0 heterocycles. The molecule has 0 unspecified atom stereocenters. The van der Waals surface area contributed by atoms with Gasteiger partial charge in [0.05, 0.1) is 5.56 Å². The Labute approximate surface area is 99.5 Å².